The number of alkyl halides is 1. The zero-order chi connectivity index (χ0) is 17.4. The molecule has 2 atom stereocenters. The molecule has 128 valence electrons. The van der Waals surface area contributed by atoms with E-state index in [9.17, 15) is 19.3 Å². The molecule has 1 saturated heterocycles. The van der Waals surface area contributed by atoms with Crippen molar-refractivity contribution < 1.29 is 18.9 Å². The lowest BCUT2D eigenvalue weighted by Crippen LogP contribution is -2.45. The second kappa shape index (κ2) is 6.23. The summed E-state index contributed by atoms with van der Waals surface area (Å²) in [6.07, 6.45) is 0.260. The molecule has 0 radical (unpaired) electrons. The van der Waals surface area contributed by atoms with Crippen LogP contribution >= 0.6 is 0 Å². The quantitative estimate of drug-likeness (QED) is 0.624. The van der Waals surface area contributed by atoms with Crippen LogP contribution in [0.5, 0.6) is 0 Å². The van der Waals surface area contributed by atoms with Gasteiger partial charge in [0.1, 0.15) is 18.1 Å². The Morgan fingerprint density at radius 3 is 2.65 bits per heavy atom. The van der Waals surface area contributed by atoms with Gasteiger partial charge in [0.15, 0.2) is 0 Å². The van der Waals surface area contributed by atoms with Gasteiger partial charge in [-0.1, -0.05) is 0 Å². The van der Waals surface area contributed by atoms with Crippen LogP contribution in [0.3, 0.4) is 0 Å². The van der Waals surface area contributed by atoms with Gasteiger partial charge in [0.25, 0.3) is 0 Å². The summed E-state index contributed by atoms with van der Waals surface area (Å²) in [7, 11) is 0. The van der Waals surface area contributed by atoms with Crippen molar-refractivity contribution in [2.24, 2.45) is 5.41 Å². The molecule has 1 aliphatic heterocycles. The second-order valence-electron chi connectivity index (χ2n) is 6.73. The number of aromatic nitrogens is 2. The van der Waals surface area contributed by atoms with Crippen molar-refractivity contribution in [1.29, 1.82) is 0 Å². The predicted octanol–water partition coefficient (Wildman–Crippen LogP) is 2.19. The summed E-state index contributed by atoms with van der Waals surface area (Å²) in [6.45, 7) is 6.95. The van der Waals surface area contributed by atoms with Crippen LogP contribution in [0, 0.1) is 22.5 Å². The lowest BCUT2D eigenvalue weighted by molar-refractivity contribution is -0.385. The van der Waals surface area contributed by atoms with Crippen LogP contribution in [-0.2, 0) is 9.63 Å². The zero-order valence-electron chi connectivity index (χ0n) is 13.7. The van der Waals surface area contributed by atoms with Gasteiger partial charge in [-0.2, -0.15) is 5.10 Å². The fraction of sp³-hybridized carbons (Fsp3) is 0.714. The summed E-state index contributed by atoms with van der Waals surface area (Å²) < 4.78 is 15.7. The SMILES string of the molecule is Cc1nn(C2CCN(OC(=O)C(C)(C)C)CC2F)cc1[N+](=O)[O-]. The minimum atomic E-state index is -1.34. The number of nitro groups is 1. The molecule has 2 heterocycles. The first-order chi connectivity index (χ1) is 10.6. The van der Waals surface area contributed by atoms with Crippen molar-refractivity contribution >= 4 is 11.7 Å². The van der Waals surface area contributed by atoms with Crippen molar-refractivity contribution in [2.45, 2.75) is 46.3 Å². The summed E-state index contributed by atoms with van der Waals surface area (Å²) in [5, 5.41) is 16.2. The third-order valence-electron chi connectivity index (χ3n) is 3.72. The maximum absolute atomic E-state index is 14.4. The zero-order valence-corrected chi connectivity index (χ0v) is 13.7. The van der Waals surface area contributed by atoms with Gasteiger partial charge >= 0.3 is 11.7 Å². The largest absolute Gasteiger partial charge is 0.367 e. The van der Waals surface area contributed by atoms with Gasteiger partial charge in [-0.25, -0.2) is 9.18 Å². The summed E-state index contributed by atoms with van der Waals surface area (Å²) >= 11 is 0. The predicted molar refractivity (Wildman–Crippen MR) is 79.3 cm³/mol. The molecule has 23 heavy (non-hydrogen) atoms. The Labute approximate surface area is 133 Å². The molecule has 8 nitrogen and oxygen atoms in total. The first kappa shape index (κ1) is 17.3. The number of hydrogen-bond donors (Lipinski definition) is 0. The molecule has 0 aromatic carbocycles. The van der Waals surface area contributed by atoms with Gasteiger partial charge in [0.2, 0.25) is 0 Å². The van der Waals surface area contributed by atoms with E-state index in [0.29, 0.717) is 13.0 Å². The minimum absolute atomic E-state index is 0.0841. The van der Waals surface area contributed by atoms with Crippen LogP contribution in [0.15, 0.2) is 6.20 Å². The van der Waals surface area contributed by atoms with Gasteiger partial charge < -0.3 is 4.84 Å². The highest BCUT2D eigenvalue weighted by Crippen LogP contribution is 2.28. The van der Waals surface area contributed by atoms with E-state index in [1.54, 1.807) is 20.8 Å². The molecule has 0 bridgehead atoms. The van der Waals surface area contributed by atoms with E-state index in [4.69, 9.17) is 4.84 Å². The molecule has 2 rings (SSSR count). The number of hydrogen-bond acceptors (Lipinski definition) is 6. The van der Waals surface area contributed by atoms with Crippen molar-refractivity contribution in [2.75, 3.05) is 13.1 Å². The standard InChI is InChI=1S/C14H21FN4O4/c1-9-12(19(21)22)8-18(16-9)11-5-6-17(7-10(11)15)23-13(20)14(2,3)4/h8,10-11H,5-7H2,1-4H3. The van der Waals surface area contributed by atoms with E-state index in [1.165, 1.54) is 22.9 Å². The topological polar surface area (TPSA) is 90.5 Å². The number of aryl methyl sites for hydroxylation is 1. The van der Waals surface area contributed by atoms with Crippen molar-refractivity contribution in [3.05, 3.63) is 22.0 Å². The fourth-order valence-electron chi connectivity index (χ4n) is 2.32. The number of nitrogens with zero attached hydrogens (tertiary/aromatic N) is 4. The van der Waals surface area contributed by atoms with Crippen LogP contribution in [0.4, 0.5) is 10.1 Å². The Balaban J connectivity index is 2.03. The summed E-state index contributed by atoms with van der Waals surface area (Å²) in [6, 6.07) is -0.605. The molecule has 0 saturated carbocycles. The van der Waals surface area contributed by atoms with E-state index in [-0.39, 0.29) is 17.9 Å². The maximum Gasteiger partial charge on any atom is 0.330 e. The second-order valence-corrected chi connectivity index (χ2v) is 6.73. The molecular weight excluding hydrogens is 307 g/mol. The van der Waals surface area contributed by atoms with E-state index < -0.39 is 28.5 Å². The average Bonchev–Trinajstić information content (AvgIpc) is 2.79. The van der Waals surface area contributed by atoms with E-state index in [1.807, 2.05) is 0 Å². The number of carbonyl (C=O) groups is 1. The number of halogens is 1. The molecule has 0 N–H and O–H groups in total. The number of rotatable bonds is 3. The molecule has 1 fully saturated rings. The van der Waals surface area contributed by atoms with E-state index >= 15 is 0 Å². The smallest absolute Gasteiger partial charge is 0.330 e. The normalized spacial score (nSPS) is 22.8. The number of carbonyl (C=O) groups excluding carboxylic acids is 1. The lowest BCUT2D eigenvalue weighted by atomic mass is 9.98. The van der Waals surface area contributed by atoms with Gasteiger partial charge in [-0.3, -0.25) is 14.8 Å². The van der Waals surface area contributed by atoms with Crippen LogP contribution < -0.4 is 0 Å². The Bertz CT molecular complexity index is 610. The summed E-state index contributed by atoms with van der Waals surface area (Å²) in [5.41, 5.74) is -0.537. The summed E-state index contributed by atoms with van der Waals surface area (Å²) in [5.74, 6) is -0.422. The van der Waals surface area contributed by atoms with Crippen LogP contribution in [0.25, 0.3) is 0 Å². The molecule has 0 amide bonds. The van der Waals surface area contributed by atoms with Gasteiger partial charge in [-0.05, 0) is 34.1 Å². The van der Waals surface area contributed by atoms with Gasteiger partial charge in [-0.15, -0.1) is 5.06 Å². The average molecular weight is 328 g/mol. The van der Waals surface area contributed by atoms with Gasteiger partial charge in [0, 0.05) is 6.54 Å². The minimum Gasteiger partial charge on any atom is -0.367 e. The van der Waals surface area contributed by atoms with Crippen LogP contribution in [0.2, 0.25) is 0 Å². The summed E-state index contributed by atoms with van der Waals surface area (Å²) in [4.78, 5) is 27.4. The fourth-order valence-corrected chi connectivity index (χ4v) is 2.32. The van der Waals surface area contributed by atoms with Crippen molar-refractivity contribution in [3.63, 3.8) is 0 Å². The molecule has 2 unspecified atom stereocenters. The molecule has 0 aliphatic carbocycles. The number of hydroxylamine groups is 2. The number of piperidine rings is 1. The molecule has 0 spiro atoms. The van der Waals surface area contributed by atoms with Crippen molar-refractivity contribution in [1.82, 2.24) is 14.8 Å². The van der Waals surface area contributed by atoms with Crippen LogP contribution in [0.1, 0.15) is 38.9 Å². The Morgan fingerprint density at radius 1 is 1.52 bits per heavy atom. The highest BCUT2D eigenvalue weighted by molar-refractivity contribution is 5.75. The first-order valence-electron chi connectivity index (χ1n) is 7.41. The monoisotopic (exact) mass is 328 g/mol. The first-order valence-corrected chi connectivity index (χ1v) is 7.41. The van der Waals surface area contributed by atoms with E-state index in [2.05, 4.69) is 5.10 Å². The molecular formula is C14H21FN4O4. The van der Waals surface area contributed by atoms with Gasteiger partial charge in [0.05, 0.1) is 22.9 Å². The Hall–Kier alpha value is -2.03. The molecule has 1 aromatic heterocycles. The Morgan fingerprint density at radius 2 is 2.17 bits per heavy atom. The third kappa shape index (κ3) is 3.84. The Kier molecular flexibility index (Phi) is 4.69. The molecule has 9 heteroatoms. The highest BCUT2D eigenvalue weighted by atomic mass is 19.1. The maximum atomic E-state index is 14.4. The van der Waals surface area contributed by atoms with Crippen molar-refractivity contribution in [3.8, 4) is 0 Å². The molecule has 1 aliphatic rings. The highest BCUT2D eigenvalue weighted by Gasteiger charge is 2.35. The van der Waals surface area contributed by atoms with E-state index in [0.717, 1.165) is 0 Å². The lowest BCUT2D eigenvalue weighted by Gasteiger charge is -2.34. The third-order valence-corrected chi connectivity index (χ3v) is 3.72. The van der Waals surface area contributed by atoms with Crippen LogP contribution in [-0.4, -0.2) is 45.0 Å². The molecule has 1 aromatic rings.